The number of hydrogen-bond acceptors (Lipinski definition) is 7. The minimum absolute atomic E-state index is 0.0446. The van der Waals surface area contributed by atoms with Gasteiger partial charge in [-0.1, -0.05) is 6.07 Å². The van der Waals surface area contributed by atoms with E-state index in [0.717, 1.165) is 11.3 Å². The lowest BCUT2D eigenvalue weighted by molar-refractivity contribution is 0.0526. The van der Waals surface area contributed by atoms with Gasteiger partial charge in [-0.2, -0.15) is 0 Å². The number of ether oxygens (including phenoxy) is 2. The number of esters is 1. The Morgan fingerprint density at radius 3 is 2.37 bits per heavy atom. The number of rotatable bonds is 10. The van der Waals surface area contributed by atoms with E-state index in [1.165, 1.54) is 16.4 Å². The van der Waals surface area contributed by atoms with E-state index in [0.29, 0.717) is 23.7 Å². The number of amides is 1. The highest BCUT2D eigenvalue weighted by molar-refractivity contribution is 7.93. The summed E-state index contributed by atoms with van der Waals surface area (Å²) in [6.07, 6.45) is 0. The first kappa shape index (κ1) is 26.2. The number of sulfonamides is 1. The molecular formula is C25H28N2O6S2. The van der Waals surface area contributed by atoms with E-state index >= 15 is 0 Å². The molecule has 0 spiro atoms. The minimum Gasteiger partial charge on any atom is -0.494 e. The summed E-state index contributed by atoms with van der Waals surface area (Å²) in [7, 11) is -4.06. The monoisotopic (exact) mass is 516 g/mol. The van der Waals surface area contributed by atoms with E-state index in [1.807, 2.05) is 6.92 Å². The molecule has 3 aromatic rings. The standard InChI is InChI=1S/C25H28N2O6S2/c1-5-32-21-12-10-20(11-13-21)27(17(3)4)35(30,31)22-14-15-34-23(22)24(28)26-19-9-7-8-18(16-19)25(29)33-6-2/h7-17H,5-6H2,1-4H3,(H,26,28). The zero-order chi connectivity index (χ0) is 25.6. The highest BCUT2D eigenvalue weighted by Gasteiger charge is 2.32. The van der Waals surface area contributed by atoms with Gasteiger partial charge in [0.25, 0.3) is 15.9 Å². The second-order valence-electron chi connectivity index (χ2n) is 7.69. The van der Waals surface area contributed by atoms with Crippen LogP contribution in [0.1, 0.15) is 47.7 Å². The van der Waals surface area contributed by atoms with Crippen molar-refractivity contribution in [3.8, 4) is 5.75 Å². The van der Waals surface area contributed by atoms with E-state index in [9.17, 15) is 18.0 Å². The van der Waals surface area contributed by atoms with Crippen molar-refractivity contribution in [1.82, 2.24) is 0 Å². The molecule has 0 aliphatic carbocycles. The molecular weight excluding hydrogens is 488 g/mol. The van der Waals surface area contributed by atoms with Crippen molar-refractivity contribution in [3.05, 3.63) is 70.4 Å². The number of hydrogen-bond donors (Lipinski definition) is 1. The van der Waals surface area contributed by atoms with Crippen LogP contribution in [0.4, 0.5) is 11.4 Å². The van der Waals surface area contributed by atoms with Gasteiger partial charge in [-0.15, -0.1) is 11.3 Å². The van der Waals surface area contributed by atoms with Gasteiger partial charge in [0.1, 0.15) is 15.5 Å². The highest BCUT2D eigenvalue weighted by atomic mass is 32.2. The maximum Gasteiger partial charge on any atom is 0.338 e. The molecule has 1 heterocycles. The Balaban J connectivity index is 1.90. The van der Waals surface area contributed by atoms with Gasteiger partial charge in [0, 0.05) is 11.7 Å². The topological polar surface area (TPSA) is 102 Å². The van der Waals surface area contributed by atoms with Crippen LogP contribution >= 0.6 is 11.3 Å². The first-order valence-corrected chi connectivity index (χ1v) is 13.4. The molecule has 1 amide bonds. The van der Waals surface area contributed by atoms with Gasteiger partial charge in [0.05, 0.1) is 24.5 Å². The summed E-state index contributed by atoms with van der Waals surface area (Å²) in [5, 5.41) is 4.25. The Kier molecular flexibility index (Phi) is 8.52. The number of benzene rings is 2. The Morgan fingerprint density at radius 1 is 1.03 bits per heavy atom. The summed E-state index contributed by atoms with van der Waals surface area (Å²) in [4.78, 5) is 25.0. The third-order valence-electron chi connectivity index (χ3n) is 4.87. The molecule has 0 aliphatic heterocycles. The molecule has 10 heteroatoms. The van der Waals surface area contributed by atoms with Gasteiger partial charge >= 0.3 is 5.97 Å². The zero-order valence-electron chi connectivity index (χ0n) is 20.0. The van der Waals surface area contributed by atoms with Gasteiger partial charge in [0.2, 0.25) is 0 Å². The molecule has 186 valence electrons. The van der Waals surface area contributed by atoms with Gasteiger partial charge in [-0.05, 0) is 81.6 Å². The largest absolute Gasteiger partial charge is 0.494 e. The predicted octanol–water partition coefficient (Wildman–Crippen LogP) is 5.18. The van der Waals surface area contributed by atoms with Crippen LogP contribution in [0, 0.1) is 0 Å². The molecule has 8 nitrogen and oxygen atoms in total. The van der Waals surface area contributed by atoms with Crippen LogP contribution in [0.15, 0.2) is 64.9 Å². The average Bonchev–Trinajstić information content (AvgIpc) is 3.32. The maximum absolute atomic E-state index is 13.7. The van der Waals surface area contributed by atoms with Crippen LogP contribution in [-0.2, 0) is 14.8 Å². The SMILES string of the molecule is CCOC(=O)c1cccc(NC(=O)c2sccc2S(=O)(=O)N(c2ccc(OCC)cc2)C(C)C)c1. The van der Waals surface area contributed by atoms with Crippen molar-refractivity contribution in [1.29, 1.82) is 0 Å². The molecule has 3 rings (SSSR count). The number of carbonyl (C=O) groups excluding carboxylic acids is 2. The first-order valence-electron chi connectivity index (χ1n) is 11.1. The van der Waals surface area contributed by atoms with Gasteiger partial charge in [0.15, 0.2) is 0 Å². The highest BCUT2D eigenvalue weighted by Crippen LogP contribution is 2.32. The number of carbonyl (C=O) groups is 2. The van der Waals surface area contributed by atoms with Crippen molar-refractivity contribution in [2.45, 2.75) is 38.6 Å². The molecule has 2 aromatic carbocycles. The first-order chi connectivity index (χ1) is 16.7. The van der Waals surface area contributed by atoms with Crippen molar-refractivity contribution in [2.75, 3.05) is 22.8 Å². The molecule has 0 saturated heterocycles. The quantitative estimate of drug-likeness (QED) is 0.373. The fourth-order valence-electron chi connectivity index (χ4n) is 3.47. The zero-order valence-corrected chi connectivity index (χ0v) is 21.6. The van der Waals surface area contributed by atoms with Crippen molar-refractivity contribution in [2.24, 2.45) is 0 Å². The lowest BCUT2D eigenvalue weighted by Crippen LogP contribution is -2.37. The Labute approximate surface area is 209 Å². The second-order valence-corrected chi connectivity index (χ2v) is 10.4. The maximum atomic E-state index is 13.7. The van der Waals surface area contributed by atoms with Crippen molar-refractivity contribution in [3.63, 3.8) is 0 Å². The average molecular weight is 517 g/mol. The molecule has 0 fully saturated rings. The summed E-state index contributed by atoms with van der Waals surface area (Å²) in [6.45, 7) is 7.83. The summed E-state index contributed by atoms with van der Waals surface area (Å²) in [6, 6.07) is 14.1. The predicted molar refractivity (Wildman–Crippen MR) is 137 cm³/mol. The molecule has 0 atom stereocenters. The fraction of sp³-hybridized carbons (Fsp3) is 0.280. The molecule has 0 unspecified atom stereocenters. The van der Waals surface area contributed by atoms with Crippen molar-refractivity contribution >= 4 is 44.6 Å². The van der Waals surface area contributed by atoms with E-state index < -0.39 is 27.9 Å². The third-order valence-corrected chi connectivity index (χ3v) is 7.96. The molecule has 1 N–H and O–H groups in total. The molecule has 0 radical (unpaired) electrons. The summed E-state index contributed by atoms with van der Waals surface area (Å²) >= 11 is 1.03. The summed E-state index contributed by atoms with van der Waals surface area (Å²) in [5.41, 5.74) is 1.10. The Morgan fingerprint density at radius 2 is 1.74 bits per heavy atom. The molecule has 0 aliphatic rings. The number of nitrogens with one attached hydrogen (secondary N) is 1. The Hall–Kier alpha value is -3.37. The van der Waals surface area contributed by atoms with Crippen molar-refractivity contribution < 1.29 is 27.5 Å². The summed E-state index contributed by atoms with van der Waals surface area (Å²) in [5.74, 6) is -0.459. The Bertz CT molecular complexity index is 1280. The third kappa shape index (κ3) is 6.01. The van der Waals surface area contributed by atoms with E-state index in [2.05, 4.69) is 5.32 Å². The molecule has 0 saturated carbocycles. The van der Waals surface area contributed by atoms with Crippen LogP contribution in [0.5, 0.6) is 5.75 Å². The molecule has 0 bridgehead atoms. The molecule has 1 aromatic heterocycles. The van der Waals surface area contributed by atoms with Gasteiger partial charge in [-0.25, -0.2) is 13.2 Å². The minimum atomic E-state index is -4.06. The van der Waals surface area contributed by atoms with Gasteiger partial charge < -0.3 is 14.8 Å². The summed E-state index contributed by atoms with van der Waals surface area (Å²) < 4.78 is 39.1. The fourth-order valence-corrected chi connectivity index (χ4v) is 6.43. The number of thiophene rings is 1. The van der Waals surface area contributed by atoms with Crippen LogP contribution < -0.4 is 14.4 Å². The van der Waals surface area contributed by atoms with Crippen LogP contribution in [0.25, 0.3) is 0 Å². The van der Waals surface area contributed by atoms with Crippen LogP contribution in [0.3, 0.4) is 0 Å². The van der Waals surface area contributed by atoms with E-state index in [4.69, 9.17) is 9.47 Å². The van der Waals surface area contributed by atoms with E-state index in [1.54, 1.807) is 68.6 Å². The molecule has 35 heavy (non-hydrogen) atoms. The second kappa shape index (κ2) is 11.4. The smallest absolute Gasteiger partial charge is 0.338 e. The number of nitrogens with zero attached hydrogens (tertiary/aromatic N) is 1. The number of anilines is 2. The lowest BCUT2D eigenvalue weighted by atomic mass is 10.2. The van der Waals surface area contributed by atoms with Crippen LogP contribution in [0.2, 0.25) is 0 Å². The lowest BCUT2D eigenvalue weighted by Gasteiger charge is -2.28. The van der Waals surface area contributed by atoms with E-state index in [-0.39, 0.29) is 21.9 Å². The van der Waals surface area contributed by atoms with Crippen LogP contribution in [-0.4, -0.2) is 39.5 Å². The van der Waals surface area contributed by atoms with Gasteiger partial charge in [-0.3, -0.25) is 9.10 Å². The normalized spacial score (nSPS) is 11.2.